The van der Waals surface area contributed by atoms with Crippen LogP contribution in [-0.2, 0) is 12.7 Å². The van der Waals surface area contributed by atoms with Crippen LogP contribution in [-0.4, -0.2) is 76.0 Å². The summed E-state index contributed by atoms with van der Waals surface area (Å²) < 4.78 is 43.3. The Bertz CT molecular complexity index is 1550. The van der Waals surface area contributed by atoms with Crippen LogP contribution in [0.5, 0.6) is 0 Å². The van der Waals surface area contributed by atoms with Gasteiger partial charge in [-0.2, -0.15) is 13.2 Å². The van der Waals surface area contributed by atoms with E-state index in [1.54, 1.807) is 31.6 Å². The number of aromatic nitrogens is 4. The van der Waals surface area contributed by atoms with Crippen LogP contribution in [0.3, 0.4) is 0 Å². The van der Waals surface area contributed by atoms with Crippen molar-refractivity contribution in [3.63, 3.8) is 0 Å². The fraction of sp³-hybridized carbons (Fsp3) is 0.296. The van der Waals surface area contributed by atoms with Crippen molar-refractivity contribution in [2.75, 3.05) is 50.1 Å². The van der Waals surface area contributed by atoms with Crippen molar-refractivity contribution in [3.8, 4) is 11.1 Å². The number of halogens is 3. The maximum atomic E-state index is 14.4. The second-order valence-electron chi connectivity index (χ2n) is 9.77. The number of piperazine rings is 1. The number of nitrogens with zero attached hydrogens (tertiary/aromatic N) is 8. The molecule has 0 spiro atoms. The number of pyridine rings is 2. The molecule has 2 amide bonds. The summed E-state index contributed by atoms with van der Waals surface area (Å²) >= 11 is 0. The number of urea groups is 1. The molecule has 4 aromatic rings. The summed E-state index contributed by atoms with van der Waals surface area (Å²) in [6.45, 7) is 3.48. The number of amides is 2. The van der Waals surface area contributed by atoms with Crippen LogP contribution in [0.4, 0.5) is 35.3 Å². The maximum absolute atomic E-state index is 14.4. The van der Waals surface area contributed by atoms with Gasteiger partial charge in [-0.15, -0.1) is 0 Å². The average molecular weight is 535 g/mol. The first-order valence-electron chi connectivity index (χ1n) is 12.5. The van der Waals surface area contributed by atoms with E-state index in [1.165, 1.54) is 34.3 Å². The molecular formula is C27H25F3N8O. The zero-order valence-electron chi connectivity index (χ0n) is 21.4. The summed E-state index contributed by atoms with van der Waals surface area (Å²) in [4.78, 5) is 37.8. The first kappa shape index (κ1) is 25.0. The van der Waals surface area contributed by atoms with E-state index in [9.17, 15) is 18.0 Å². The molecule has 0 saturated carbocycles. The Kier molecular flexibility index (Phi) is 6.06. The van der Waals surface area contributed by atoms with Gasteiger partial charge in [-0.1, -0.05) is 6.07 Å². The van der Waals surface area contributed by atoms with Gasteiger partial charge in [-0.05, 0) is 36.9 Å². The molecule has 2 aliphatic rings. The van der Waals surface area contributed by atoms with E-state index in [0.717, 1.165) is 32.2 Å². The molecule has 5 heterocycles. The number of fused-ring (bicyclic) bond motifs is 3. The number of alkyl halides is 3. The van der Waals surface area contributed by atoms with Crippen molar-refractivity contribution < 1.29 is 18.0 Å². The van der Waals surface area contributed by atoms with E-state index in [1.807, 2.05) is 11.9 Å². The molecule has 3 aromatic heterocycles. The first-order valence-corrected chi connectivity index (χ1v) is 12.5. The van der Waals surface area contributed by atoms with Crippen LogP contribution in [0.15, 0.2) is 55.1 Å². The topological polar surface area (TPSA) is 81.6 Å². The molecule has 0 N–H and O–H groups in total. The van der Waals surface area contributed by atoms with Gasteiger partial charge in [0.2, 0.25) is 5.95 Å². The molecule has 0 bridgehead atoms. The minimum absolute atomic E-state index is 0.0630. The van der Waals surface area contributed by atoms with Gasteiger partial charge in [0.05, 0.1) is 29.0 Å². The molecule has 2 aliphatic heterocycles. The van der Waals surface area contributed by atoms with E-state index in [2.05, 4.69) is 24.8 Å². The van der Waals surface area contributed by atoms with Gasteiger partial charge in [-0.3, -0.25) is 14.9 Å². The van der Waals surface area contributed by atoms with Crippen LogP contribution in [0.2, 0.25) is 0 Å². The Morgan fingerprint density at radius 3 is 2.36 bits per heavy atom. The van der Waals surface area contributed by atoms with E-state index in [-0.39, 0.29) is 23.4 Å². The molecule has 0 atom stereocenters. The lowest BCUT2D eigenvalue weighted by Crippen LogP contribution is -2.45. The Morgan fingerprint density at radius 2 is 1.64 bits per heavy atom. The summed E-state index contributed by atoms with van der Waals surface area (Å²) in [5, 5.41) is 0. The lowest BCUT2D eigenvalue weighted by Gasteiger charge is -2.35. The molecule has 200 valence electrons. The summed E-state index contributed by atoms with van der Waals surface area (Å²) in [6, 6.07) is 6.89. The van der Waals surface area contributed by atoms with Crippen LogP contribution < -0.4 is 9.80 Å². The van der Waals surface area contributed by atoms with Gasteiger partial charge in [0.1, 0.15) is 5.52 Å². The molecule has 9 nitrogen and oxygen atoms in total. The molecule has 6 rings (SSSR count). The van der Waals surface area contributed by atoms with Crippen molar-refractivity contribution in [2.45, 2.75) is 12.7 Å². The Labute approximate surface area is 222 Å². The van der Waals surface area contributed by atoms with E-state index in [0.29, 0.717) is 28.2 Å². The quantitative estimate of drug-likeness (QED) is 0.381. The number of benzene rings is 1. The Balaban J connectivity index is 1.43. The van der Waals surface area contributed by atoms with Gasteiger partial charge in [0.25, 0.3) is 0 Å². The lowest BCUT2D eigenvalue weighted by molar-refractivity contribution is -0.137. The minimum Gasteiger partial charge on any atom is -0.338 e. The van der Waals surface area contributed by atoms with Crippen LogP contribution in [0.1, 0.15) is 11.1 Å². The average Bonchev–Trinajstić information content (AvgIpc) is 2.93. The number of anilines is 3. The molecule has 1 aromatic carbocycles. The van der Waals surface area contributed by atoms with Crippen molar-refractivity contribution in [2.24, 2.45) is 0 Å². The normalized spacial score (nSPS) is 16.6. The van der Waals surface area contributed by atoms with E-state index >= 15 is 0 Å². The third-order valence-corrected chi connectivity index (χ3v) is 7.13. The molecule has 39 heavy (non-hydrogen) atoms. The van der Waals surface area contributed by atoms with Gasteiger partial charge < -0.3 is 14.7 Å². The Morgan fingerprint density at radius 1 is 0.897 bits per heavy atom. The highest BCUT2D eigenvalue weighted by molar-refractivity contribution is 6.08. The number of hydrogen-bond acceptors (Lipinski definition) is 7. The zero-order valence-corrected chi connectivity index (χ0v) is 21.4. The molecule has 1 fully saturated rings. The number of carbonyl (C=O) groups excluding carboxylic acids is 1. The third-order valence-electron chi connectivity index (χ3n) is 7.13. The standard InChI is InChI=1S/C27H25F3N8O/c1-35-8-10-37(11-9-35)25-33-13-17(14-34-25)20-6-5-19(12-21(20)27(28,29)30)38-24-18(16-36(2)26(38)39)15-32-22-4-3-7-31-23(22)24/h3-7,12-15H,8-11,16H2,1-2H3. The monoisotopic (exact) mass is 534 g/mol. The molecule has 12 heteroatoms. The van der Waals surface area contributed by atoms with Gasteiger partial charge in [0.15, 0.2) is 0 Å². The van der Waals surface area contributed by atoms with Gasteiger partial charge in [0, 0.05) is 69.1 Å². The summed E-state index contributed by atoms with van der Waals surface area (Å²) in [5.74, 6) is 0.489. The summed E-state index contributed by atoms with van der Waals surface area (Å²) in [6.07, 6.45) is 1.36. The second kappa shape index (κ2) is 9.45. The minimum atomic E-state index is -4.69. The van der Waals surface area contributed by atoms with Crippen molar-refractivity contribution >= 4 is 34.4 Å². The van der Waals surface area contributed by atoms with Crippen molar-refractivity contribution in [1.29, 1.82) is 0 Å². The number of hydrogen-bond donors (Lipinski definition) is 0. The van der Waals surface area contributed by atoms with E-state index < -0.39 is 17.8 Å². The predicted molar refractivity (Wildman–Crippen MR) is 141 cm³/mol. The summed E-state index contributed by atoms with van der Waals surface area (Å²) in [7, 11) is 3.63. The SMILES string of the molecule is CN1CCN(c2ncc(-c3ccc(N4C(=O)N(C)Cc5cnc6cccnc6c54)cc3C(F)(F)F)cn2)CC1. The highest BCUT2D eigenvalue weighted by Gasteiger charge is 2.37. The molecule has 1 saturated heterocycles. The van der Waals surface area contributed by atoms with Crippen LogP contribution in [0.25, 0.3) is 22.2 Å². The number of rotatable bonds is 3. The van der Waals surface area contributed by atoms with Crippen LogP contribution in [0, 0.1) is 0 Å². The van der Waals surface area contributed by atoms with E-state index in [4.69, 9.17) is 0 Å². The maximum Gasteiger partial charge on any atom is 0.417 e. The summed E-state index contributed by atoms with van der Waals surface area (Å²) in [5.41, 5.74) is 1.49. The lowest BCUT2D eigenvalue weighted by atomic mass is 9.99. The van der Waals surface area contributed by atoms with Crippen molar-refractivity contribution in [1.82, 2.24) is 29.7 Å². The fourth-order valence-electron chi connectivity index (χ4n) is 5.03. The number of likely N-dealkylation sites (N-methyl/N-ethyl adjacent to an activating group) is 1. The first-order chi connectivity index (χ1) is 18.7. The highest BCUT2D eigenvalue weighted by atomic mass is 19.4. The van der Waals surface area contributed by atoms with Gasteiger partial charge in [-0.25, -0.2) is 14.8 Å². The third kappa shape index (κ3) is 4.50. The predicted octanol–water partition coefficient (Wildman–Crippen LogP) is 4.56. The zero-order chi connectivity index (χ0) is 27.3. The number of carbonyl (C=O) groups is 1. The largest absolute Gasteiger partial charge is 0.417 e. The second-order valence-corrected chi connectivity index (χ2v) is 9.77. The van der Waals surface area contributed by atoms with Crippen molar-refractivity contribution in [3.05, 3.63) is 66.2 Å². The molecule has 0 aliphatic carbocycles. The molecular weight excluding hydrogens is 509 g/mol. The molecule has 0 unspecified atom stereocenters. The van der Waals surface area contributed by atoms with Gasteiger partial charge >= 0.3 is 12.2 Å². The molecule has 0 radical (unpaired) electrons. The van der Waals surface area contributed by atoms with Crippen LogP contribution >= 0.6 is 0 Å². The highest BCUT2D eigenvalue weighted by Crippen LogP contribution is 2.43. The Hall–Kier alpha value is -4.32. The fourth-order valence-corrected chi connectivity index (χ4v) is 5.03. The smallest absolute Gasteiger partial charge is 0.338 e.